The Bertz CT molecular complexity index is 1680. The van der Waals surface area contributed by atoms with E-state index in [-0.39, 0.29) is 11.5 Å². The summed E-state index contributed by atoms with van der Waals surface area (Å²) in [6.45, 7) is 10.1. The van der Waals surface area contributed by atoms with Crippen LogP contribution in [0, 0.1) is 5.41 Å². The lowest BCUT2D eigenvalue weighted by atomic mass is 9.78. The first kappa shape index (κ1) is 31.5. The summed E-state index contributed by atoms with van der Waals surface area (Å²) in [4.78, 5) is 36.0. The number of aromatic nitrogens is 4. The second kappa shape index (κ2) is 13.1. The smallest absolute Gasteiger partial charge is 0.410 e. The van der Waals surface area contributed by atoms with Gasteiger partial charge in [0.2, 0.25) is 0 Å². The SMILES string of the molecule is COc1ccc(CNCc2cc3c(N4CCC5(CCN(C(=O)OC(C)(C)C)C5)CC4)nc(-c4ccncc4)nc3cn2)c(OC)c1. The lowest BCUT2D eigenvalue weighted by Crippen LogP contribution is -2.43. The van der Waals surface area contributed by atoms with Crippen LogP contribution in [0.4, 0.5) is 10.6 Å². The topological polar surface area (TPSA) is 115 Å². The fourth-order valence-corrected chi connectivity index (χ4v) is 6.37. The number of amides is 1. The summed E-state index contributed by atoms with van der Waals surface area (Å²) >= 11 is 0. The van der Waals surface area contributed by atoms with Crippen molar-refractivity contribution in [2.45, 2.75) is 58.7 Å². The molecule has 1 aromatic carbocycles. The van der Waals surface area contributed by atoms with Crippen LogP contribution in [0.3, 0.4) is 0 Å². The fraction of sp³-hybridized carbons (Fsp3) is 0.457. The van der Waals surface area contributed by atoms with Gasteiger partial charge in [-0.25, -0.2) is 14.8 Å². The molecule has 4 aromatic rings. The highest BCUT2D eigenvalue weighted by Crippen LogP contribution is 2.42. The van der Waals surface area contributed by atoms with Crippen molar-refractivity contribution in [3.8, 4) is 22.9 Å². The van der Waals surface area contributed by atoms with E-state index in [2.05, 4.69) is 21.3 Å². The average molecular weight is 626 g/mol. The van der Waals surface area contributed by atoms with E-state index in [0.717, 1.165) is 90.5 Å². The quantitative estimate of drug-likeness (QED) is 0.265. The fourth-order valence-electron chi connectivity index (χ4n) is 6.37. The zero-order chi connectivity index (χ0) is 32.3. The van der Waals surface area contributed by atoms with Crippen molar-refractivity contribution in [1.29, 1.82) is 0 Å². The van der Waals surface area contributed by atoms with E-state index >= 15 is 0 Å². The molecule has 1 N–H and O–H groups in total. The molecular formula is C35H43N7O4. The average Bonchev–Trinajstić information content (AvgIpc) is 3.48. The predicted octanol–water partition coefficient (Wildman–Crippen LogP) is 5.62. The lowest BCUT2D eigenvalue weighted by molar-refractivity contribution is 0.0266. The molecule has 1 amide bonds. The van der Waals surface area contributed by atoms with Crippen molar-refractivity contribution in [1.82, 2.24) is 30.2 Å². The maximum absolute atomic E-state index is 12.8. The summed E-state index contributed by atoms with van der Waals surface area (Å²) in [7, 11) is 3.31. The van der Waals surface area contributed by atoms with Gasteiger partial charge < -0.3 is 29.3 Å². The van der Waals surface area contributed by atoms with Crippen molar-refractivity contribution in [2.24, 2.45) is 5.41 Å². The molecule has 0 aliphatic carbocycles. The molecule has 0 atom stereocenters. The van der Waals surface area contributed by atoms with Gasteiger partial charge in [0, 0.05) is 74.2 Å². The van der Waals surface area contributed by atoms with Crippen molar-refractivity contribution in [3.05, 3.63) is 66.2 Å². The van der Waals surface area contributed by atoms with Gasteiger partial charge in [-0.1, -0.05) is 6.07 Å². The molecule has 242 valence electrons. The number of carbonyl (C=O) groups excluding carboxylic acids is 1. The molecule has 2 saturated heterocycles. The third-order valence-electron chi connectivity index (χ3n) is 8.89. The number of anilines is 1. The number of rotatable bonds is 8. The molecular weight excluding hydrogens is 582 g/mol. The highest BCUT2D eigenvalue weighted by molar-refractivity contribution is 5.91. The van der Waals surface area contributed by atoms with Gasteiger partial charge in [-0.2, -0.15) is 0 Å². The van der Waals surface area contributed by atoms with Gasteiger partial charge in [0.25, 0.3) is 0 Å². The maximum atomic E-state index is 12.8. The van der Waals surface area contributed by atoms with Crippen LogP contribution in [-0.4, -0.2) is 76.9 Å². The first-order chi connectivity index (χ1) is 22.1. The van der Waals surface area contributed by atoms with Crippen LogP contribution < -0.4 is 19.7 Å². The Hall–Kier alpha value is -4.51. The van der Waals surface area contributed by atoms with Crippen molar-refractivity contribution >= 4 is 22.8 Å². The van der Waals surface area contributed by atoms with Gasteiger partial charge in [-0.15, -0.1) is 0 Å². The molecule has 5 heterocycles. The first-order valence-corrected chi connectivity index (χ1v) is 15.9. The Kier molecular flexibility index (Phi) is 8.95. The second-order valence-electron chi connectivity index (χ2n) is 13.2. The number of hydrogen-bond donors (Lipinski definition) is 1. The number of hydrogen-bond acceptors (Lipinski definition) is 10. The number of methoxy groups -OCH3 is 2. The van der Waals surface area contributed by atoms with E-state index in [1.165, 1.54) is 0 Å². The number of carbonyl (C=O) groups is 1. The van der Waals surface area contributed by atoms with Crippen LogP contribution in [0.25, 0.3) is 22.3 Å². The van der Waals surface area contributed by atoms with E-state index in [0.29, 0.717) is 18.9 Å². The van der Waals surface area contributed by atoms with Gasteiger partial charge >= 0.3 is 6.09 Å². The molecule has 0 unspecified atom stereocenters. The molecule has 0 saturated carbocycles. The maximum Gasteiger partial charge on any atom is 0.410 e. The zero-order valence-corrected chi connectivity index (χ0v) is 27.4. The second-order valence-corrected chi connectivity index (χ2v) is 13.2. The molecule has 1 spiro atoms. The zero-order valence-electron chi connectivity index (χ0n) is 27.4. The van der Waals surface area contributed by atoms with E-state index in [4.69, 9.17) is 29.2 Å². The largest absolute Gasteiger partial charge is 0.497 e. The third kappa shape index (κ3) is 6.99. The summed E-state index contributed by atoms with van der Waals surface area (Å²) < 4.78 is 16.6. The Morgan fingerprint density at radius 3 is 2.43 bits per heavy atom. The van der Waals surface area contributed by atoms with E-state index in [1.807, 2.05) is 62.2 Å². The Balaban J connectivity index is 1.21. The van der Waals surface area contributed by atoms with E-state index in [1.54, 1.807) is 26.6 Å². The summed E-state index contributed by atoms with van der Waals surface area (Å²) in [5, 5.41) is 4.48. The monoisotopic (exact) mass is 625 g/mol. The normalized spacial score (nSPS) is 16.2. The highest BCUT2D eigenvalue weighted by atomic mass is 16.6. The molecule has 3 aromatic heterocycles. The predicted molar refractivity (Wildman–Crippen MR) is 177 cm³/mol. The highest BCUT2D eigenvalue weighted by Gasteiger charge is 2.43. The number of nitrogens with zero attached hydrogens (tertiary/aromatic N) is 6. The van der Waals surface area contributed by atoms with Crippen molar-refractivity contribution in [3.63, 3.8) is 0 Å². The van der Waals surface area contributed by atoms with Gasteiger partial charge in [0.1, 0.15) is 22.9 Å². The molecule has 6 rings (SSSR count). The van der Waals surface area contributed by atoms with Crippen LogP contribution >= 0.6 is 0 Å². The van der Waals surface area contributed by atoms with Crippen molar-refractivity contribution in [2.75, 3.05) is 45.3 Å². The molecule has 2 aliphatic heterocycles. The lowest BCUT2D eigenvalue weighted by Gasteiger charge is -2.40. The van der Waals surface area contributed by atoms with Gasteiger partial charge in [0.15, 0.2) is 5.82 Å². The van der Waals surface area contributed by atoms with Gasteiger partial charge in [-0.05, 0) is 69.7 Å². The molecule has 2 fully saturated rings. The summed E-state index contributed by atoms with van der Waals surface area (Å²) in [5.74, 6) is 3.10. The number of likely N-dealkylation sites (tertiary alicyclic amines) is 1. The number of benzene rings is 1. The minimum Gasteiger partial charge on any atom is -0.497 e. The number of fused-ring (bicyclic) bond motifs is 1. The van der Waals surface area contributed by atoms with E-state index in [9.17, 15) is 4.79 Å². The summed E-state index contributed by atoms with van der Waals surface area (Å²) in [6, 6.07) is 11.8. The summed E-state index contributed by atoms with van der Waals surface area (Å²) in [5.41, 5.74) is 3.25. The molecule has 0 radical (unpaired) electrons. The molecule has 0 bridgehead atoms. The van der Waals surface area contributed by atoms with Crippen LogP contribution in [-0.2, 0) is 17.8 Å². The minimum absolute atomic E-state index is 0.101. The molecule has 11 nitrogen and oxygen atoms in total. The number of ether oxygens (including phenoxy) is 3. The van der Waals surface area contributed by atoms with Crippen LogP contribution in [0.15, 0.2) is 55.0 Å². The molecule has 2 aliphatic rings. The summed E-state index contributed by atoms with van der Waals surface area (Å²) in [6.07, 6.45) is 8.10. The third-order valence-corrected chi connectivity index (χ3v) is 8.89. The van der Waals surface area contributed by atoms with Crippen LogP contribution in [0.5, 0.6) is 11.5 Å². The Labute approximate surface area is 270 Å². The van der Waals surface area contributed by atoms with Crippen LogP contribution in [0.1, 0.15) is 51.3 Å². The number of nitrogens with one attached hydrogen (secondary N) is 1. The first-order valence-electron chi connectivity index (χ1n) is 15.9. The number of piperidine rings is 1. The van der Waals surface area contributed by atoms with E-state index < -0.39 is 5.60 Å². The minimum atomic E-state index is -0.497. The Morgan fingerprint density at radius 1 is 0.957 bits per heavy atom. The number of pyridine rings is 2. The molecule has 46 heavy (non-hydrogen) atoms. The molecule has 11 heteroatoms. The van der Waals surface area contributed by atoms with Crippen molar-refractivity contribution < 1.29 is 19.0 Å². The van der Waals surface area contributed by atoms with Gasteiger partial charge in [-0.3, -0.25) is 9.97 Å². The Morgan fingerprint density at radius 2 is 1.72 bits per heavy atom. The van der Waals surface area contributed by atoms with Gasteiger partial charge in [0.05, 0.1) is 31.6 Å². The standard InChI is InChI=1S/C35H43N7O4/c1-34(2,3)46-33(43)42-17-12-35(23-42)10-15-41(16-11-35)32-28-18-26(21-37-20-25-6-7-27(44-4)19-30(25)45-5)38-22-29(28)39-31(40-32)24-8-13-36-14-9-24/h6-9,13-14,18-19,22,37H,10-12,15-17,20-21,23H2,1-5H3. The van der Waals surface area contributed by atoms with Crippen LogP contribution in [0.2, 0.25) is 0 Å².